The molecule has 1 aliphatic carbocycles. The van der Waals surface area contributed by atoms with Gasteiger partial charge in [0.1, 0.15) is 5.82 Å². The van der Waals surface area contributed by atoms with Gasteiger partial charge in [-0.25, -0.2) is 4.98 Å². The summed E-state index contributed by atoms with van der Waals surface area (Å²) in [5, 5.41) is 6.25. The first-order valence-corrected chi connectivity index (χ1v) is 20.2. The predicted molar refractivity (Wildman–Crippen MR) is 241 cm³/mol. The Morgan fingerprint density at radius 1 is 0.508 bits per heavy atom. The quantitative estimate of drug-likeness (QED) is 0.184. The average Bonchev–Trinajstić information content (AvgIpc) is 3.97. The van der Waals surface area contributed by atoms with Crippen LogP contribution in [-0.2, 0) is 5.41 Å². The third kappa shape index (κ3) is 4.91. The zero-order valence-corrected chi connectivity index (χ0v) is 32.1. The van der Waals surface area contributed by atoms with E-state index in [1.165, 1.54) is 44.1 Å². The highest BCUT2D eigenvalue weighted by Crippen LogP contribution is 2.58. The molecule has 0 saturated heterocycles. The van der Waals surface area contributed by atoms with Gasteiger partial charge in [0.2, 0.25) is 0 Å². The molecule has 2 unspecified atom stereocenters. The van der Waals surface area contributed by atoms with E-state index in [0.29, 0.717) is 0 Å². The molecule has 59 heavy (non-hydrogen) atoms. The molecule has 2 aliphatic rings. The standard InChI is InChI=1S/C54H37N5/c1-2-14-39(15-3-1)59-47-21-9-7-19-45(47)57-53(59)38-26-24-36(25-27-38)37-28-30-40(31-29-37)58-46-20-8-5-17-43(46)51-48(58)33-32-42-41-16-4-6-18-44(41)54(52(42)51,49-22-10-12-34-55-49)50-23-11-13-35-56-50/h1-35,49,55H. The lowest BCUT2D eigenvalue weighted by molar-refractivity contribution is 0.492. The Kier molecular flexibility index (Phi) is 7.44. The molecule has 1 aliphatic heterocycles. The minimum atomic E-state index is -0.579. The van der Waals surface area contributed by atoms with E-state index in [1.54, 1.807) is 0 Å². The van der Waals surface area contributed by atoms with Crippen LogP contribution in [0.3, 0.4) is 0 Å². The van der Waals surface area contributed by atoms with E-state index in [-0.39, 0.29) is 6.04 Å². The second kappa shape index (κ2) is 13.2. The van der Waals surface area contributed by atoms with Crippen molar-refractivity contribution in [3.05, 3.63) is 229 Å². The Morgan fingerprint density at radius 3 is 2.00 bits per heavy atom. The van der Waals surface area contributed by atoms with Crippen molar-refractivity contribution in [3.8, 4) is 45.0 Å². The molecule has 0 saturated carbocycles. The van der Waals surface area contributed by atoms with Crippen molar-refractivity contribution >= 4 is 32.8 Å². The number of rotatable bonds is 6. The molecule has 12 rings (SSSR count). The Hall–Kier alpha value is -7.76. The molecular formula is C54H37N5. The summed E-state index contributed by atoms with van der Waals surface area (Å²) in [7, 11) is 0. The molecule has 10 aromatic rings. The number of allylic oxidation sites excluding steroid dienone is 2. The Morgan fingerprint density at radius 2 is 1.20 bits per heavy atom. The van der Waals surface area contributed by atoms with Crippen LogP contribution in [0.15, 0.2) is 213 Å². The second-order valence-corrected chi connectivity index (χ2v) is 15.4. The van der Waals surface area contributed by atoms with Gasteiger partial charge in [0, 0.05) is 33.9 Å². The van der Waals surface area contributed by atoms with Gasteiger partial charge in [-0.1, -0.05) is 133 Å². The zero-order valence-electron chi connectivity index (χ0n) is 32.1. The van der Waals surface area contributed by atoms with Gasteiger partial charge in [-0.05, 0) is 106 Å². The number of nitrogens with zero attached hydrogens (tertiary/aromatic N) is 4. The van der Waals surface area contributed by atoms with Gasteiger partial charge >= 0.3 is 0 Å². The van der Waals surface area contributed by atoms with Gasteiger partial charge in [-0.3, -0.25) is 9.55 Å². The fourth-order valence-corrected chi connectivity index (χ4v) is 9.90. The number of fused-ring (bicyclic) bond motifs is 8. The van der Waals surface area contributed by atoms with Crippen LogP contribution in [0.25, 0.3) is 77.9 Å². The van der Waals surface area contributed by atoms with Crippen LogP contribution < -0.4 is 5.32 Å². The number of hydrogen-bond donors (Lipinski definition) is 1. The van der Waals surface area contributed by atoms with E-state index in [4.69, 9.17) is 9.97 Å². The van der Waals surface area contributed by atoms with Crippen molar-refractivity contribution in [3.63, 3.8) is 0 Å². The molecule has 0 spiro atoms. The molecule has 5 heteroatoms. The molecule has 1 N–H and O–H groups in total. The summed E-state index contributed by atoms with van der Waals surface area (Å²) >= 11 is 0. The van der Waals surface area contributed by atoms with Crippen LogP contribution in [0.2, 0.25) is 0 Å². The van der Waals surface area contributed by atoms with Crippen LogP contribution in [0.1, 0.15) is 16.8 Å². The highest BCUT2D eigenvalue weighted by molar-refractivity contribution is 6.15. The number of benzene rings is 7. The van der Waals surface area contributed by atoms with Gasteiger partial charge in [0.05, 0.1) is 39.2 Å². The Bertz CT molecular complexity index is 3280. The summed E-state index contributed by atoms with van der Waals surface area (Å²) in [6.07, 6.45) is 10.5. The molecule has 0 bridgehead atoms. The highest BCUT2D eigenvalue weighted by Gasteiger charge is 2.52. The van der Waals surface area contributed by atoms with E-state index in [0.717, 1.165) is 50.6 Å². The summed E-state index contributed by atoms with van der Waals surface area (Å²) in [6, 6.07) is 65.3. The molecule has 3 aromatic heterocycles. The second-order valence-electron chi connectivity index (χ2n) is 15.4. The smallest absolute Gasteiger partial charge is 0.145 e. The van der Waals surface area contributed by atoms with Crippen LogP contribution >= 0.6 is 0 Å². The van der Waals surface area contributed by atoms with Crippen molar-refractivity contribution in [2.75, 3.05) is 0 Å². The maximum absolute atomic E-state index is 5.14. The first-order valence-electron chi connectivity index (χ1n) is 20.2. The largest absolute Gasteiger partial charge is 0.383 e. The molecule has 2 atom stereocenters. The lowest BCUT2D eigenvalue weighted by atomic mass is 9.68. The average molecular weight is 756 g/mol. The van der Waals surface area contributed by atoms with Gasteiger partial charge in [-0.2, -0.15) is 0 Å². The summed E-state index contributed by atoms with van der Waals surface area (Å²) in [4.78, 5) is 10.2. The first kappa shape index (κ1) is 33.4. The van der Waals surface area contributed by atoms with Crippen LogP contribution in [0.4, 0.5) is 0 Å². The highest BCUT2D eigenvalue weighted by atomic mass is 15.1. The van der Waals surface area contributed by atoms with E-state index >= 15 is 0 Å². The predicted octanol–water partition coefficient (Wildman–Crippen LogP) is 12.2. The molecule has 4 heterocycles. The fraction of sp³-hybridized carbons (Fsp3) is 0.0370. The summed E-state index contributed by atoms with van der Waals surface area (Å²) in [5.74, 6) is 0.930. The number of pyridine rings is 1. The number of dihydropyridines is 1. The molecule has 278 valence electrons. The van der Waals surface area contributed by atoms with E-state index in [1.807, 2.05) is 18.3 Å². The van der Waals surface area contributed by atoms with Crippen molar-refractivity contribution in [1.29, 1.82) is 0 Å². The molecule has 0 fully saturated rings. The van der Waals surface area contributed by atoms with Crippen molar-refractivity contribution in [1.82, 2.24) is 24.4 Å². The maximum atomic E-state index is 5.14. The van der Waals surface area contributed by atoms with Gasteiger partial charge in [0.25, 0.3) is 0 Å². The number of hydrogen-bond acceptors (Lipinski definition) is 3. The van der Waals surface area contributed by atoms with Gasteiger partial charge in [0.15, 0.2) is 0 Å². The summed E-state index contributed by atoms with van der Waals surface area (Å²) < 4.78 is 4.68. The monoisotopic (exact) mass is 755 g/mol. The third-order valence-electron chi connectivity index (χ3n) is 12.4. The minimum Gasteiger partial charge on any atom is -0.383 e. The Balaban J connectivity index is 0.992. The molecule has 0 amide bonds. The lowest BCUT2D eigenvalue weighted by Crippen LogP contribution is -2.47. The number of imidazole rings is 1. The third-order valence-corrected chi connectivity index (χ3v) is 12.4. The van der Waals surface area contributed by atoms with Crippen molar-refractivity contribution in [2.24, 2.45) is 0 Å². The Labute approximate surface area is 341 Å². The number of aromatic nitrogens is 4. The van der Waals surface area contributed by atoms with Crippen molar-refractivity contribution < 1.29 is 0 Å². The minimum absolute atomic E-state index is 0.0549. The zero-order chi connectivity index (χ0) is 38.9. The topological polar surface area (TPSA) is 47.7 Å². The molecule has 0 radical (unpaired) electrons. The SMILES string of the molecule is C1=CNC(C2(c3ccccn3)c3ccccc3-c3ccc4c(c32)c2ccccc2n4-c2ccc(-c3ccc(-c4nc5ccccc5n4-c4ccccc4)cc3)cc2)C=C1. The molecular weight excluding hydrogens is 719 g/mol. The van der Waals surface area contributed by atoms with Crippen LogP contribution in [-0.4, -0.2) is 25.1 Å². The lowest BCUT2D eigenvalue weighted by Gasteiger charge is -2.39. The van der Waals surface area contributed by atoms with Gasteiger partial charge < -0.3 is 9.88 Å². The fourth-order valence-electron chi connectivity index (χ4n) is 9.90. The molecule has 7 aromatic carbocycles. The number of nitrogens with one attached hydrogen (secondary N) is 1. The maximum Gasteiger partial charge on any atom is 0.145 e. The summed E-state index contributed by atoms with van der Waals surface area (Å²) in [6.45, 7) is 0. The van der Waals surface area contributed by atoms with E-state index in [2.05, 4.69) is 209 Å². The summed E-state index contributed by atoms with van der Waals surface area (Å²) in [5.41, 5.74) is 15.5. The van der Waals surface area contributed by atoms with Crippen LogP contribution in [0, 0.1) is 0 Å². The van der Waals surface area contributed by atoms with E-state index < -0.39 is 5.41 Å². The van der Waals surface area contributed by atoms with Crippen molar-refractivity contribution in [2.45, 2.75) is 11.5 Å². The number of para-hydroxylation sites is 4. The van der Waals surface area contributed by atoms with Gasteiger partial charge in [-0.15, -0.1) is 0 Å². The molecule has 5 nitrogen and oxygen atoms in total. The van der Waals surface area contributed by atoms with Crippen LogP contribution in [0.5, 0.6) is 0 Å². The van der Waals surface area contributed by atoms with E-state index in [9.17, 15) is 0 Å². The first-order chi connectivity index (χ1) is 29.3. The normalized spacial score (nSPS) is 16.7.